The number of aromatic nitrogens is 2. The lowest BCUT2D eigenvalue weighted by Crippen LogP contribution is -1.90. The van der Waals surface area contributed by atoms with Crippen molar-refractivity contribution in [2.75, 3.05) is 5.73 Å². The molecule has 0 aliphatic rings. The first-order valence-corrected chi connectivity index (χ1v) is 7.04. The second-order valence-electron chi connectivity index (χ2n) is 3.83. The number of rotatable bonds is 5. The second-order valence-corrected chi connectivity index (χ2v) is 5.28. The Morgan fingerprint density at radius 3 is 3.00 bits per heavy atom. The summed E-state index contributed by atoms with van der Waals surface area (Å²) in [6, 6.07) is 5.45. The predicted molar refractivity (Wildman–Crippen MR) is 73.7 cm³/mol. The molecule has 0 bridgehead atoms. The first-order chi connectivity index (χ1) is 8.69. The molecule has 2 rings (SSSR count). The largest absolute Gasteiger partial charge is 0.398 e. The zero-order valence-corrected chi connectivity index (χ0v) is 11.6. The highest BCUT2D eigenvalue weighted by Gasteiger charge is 2.07. The lowest BCUT2D eigenvalue weighted by atomic mass is 10.3. The molecule has 0 amide bonds. The van der Waals surface area contributed by atoms with Crippen molar-refractivity contribution in [2.45, 2.75) is 30.4 Å². The molecule has 4 nitrogen and oxygen atoms in total. The fourth-order valence-electron chi connectivity index (χ4n) is 1.46. The Morgan fingerprint density at radius 2 is 2.28 bits per heavy atom. The maximum Gasteiger partial charge on any atom is 0.237 e. The molecule has 0 aliphatic carbocycles. The van der Waals surface area contributed by atoms with Crippen molar-refractivity contribution < 1.29 is 4.52 Å². The lowest BCUT2D eigenvalue weighted by Gasteiger charge is -2.03. The number of halogens is 1. The summed E-state index contributed by atoms with van der Waals surface area (Å²) in [7, 11) is 0. The summed E-state index contributed by atoms with van der Waals surface area (Å²) in [5.74, 6) is 2.00. The van der Waals surface area contributed by atoms with E-state index >= 15 is 0 Å². The van der Waals surface area contributed by atoms with Crippen molar-refractivity contribution in [3.05, 3.63) is 34.9 Å². The molecule has 0 saturated carbocycles. The number of hydrogen-bond acceptors (Lipinski definition) is 5. The van der Waals surface area contributed by atoms with Gasteiger partial charge < -0.3 is 10.3 Å². The van der Waals surface area contributed by atoms with Crippen LogP contribution in [0.2, 0.25) is 5.02 Å². The number of anilines is 1. The molecule has 96 valence electrons. The van der Waals surface area contributed by atoms with E-state index in [-0.39, 0.29) is 0 Å². The first kappa shape index (κ1) is 13.2. The van der Waals surface area contributed by atoms with Gasteiger partial charge >= 0.3 is 0 Å². The second kappa shape index (κ2) is 6.11. The van der Waals surface area contributed by atoms with E-state index in [1.807, 2.05) is 12.1 Å². The summed E-state index contributed by atoms with van der Waals surface area (Å²) in [5, 5.41) is 4.54. The third kappa shape index (κ3) is 3.40. The first-order valence-electron chi connectivity index (χ1n) is 5.68. The van der Waals surface area contributed by atoms with Crippen molar-refractivity contribution in [1.29, 1.82) is 0 Å². The molecule has 2 aromatic rings. The molecular weight excluding hydrogens is 270 g/mol. The van der Waals surface area contributed by atoms with Crippen LogP contribution in [0.1, 0.15) is 25.1 Å². The van der Waals surface area contributed by atoms with E-state index in [4.69, 9.17) is 21.9 Å². The molecule has 0 atom stereocenters. The molecule has 0 unspecified atom stereocenters. The quantitative estimate of drug-likeness (QED) is 0.671. The molecule has 0 fully saturated rings. The van der Waals surface area contributed by atoms with Crippen molar-refractivity contribution in [3.8, 4) is 0 Å². The number of nitrogens with zero attached hydrogens (tertiary/aromatic N) is 2. The molecule has 1 aromatic carbocycles. The Bertz CT molecular complexity index is 530. The number of benzene rings is 1. The van der Waals surface area contributed by atoms with Crippen LogP contribution in [-0.2, 0) is 12.2 Å². The molecule has 1 heterocycles. The molecule has 0 spiro atoms. The summed E-state index contributed by atoms with van der Waals surface area (Å²) in [6.45, 7) is 2.08. The zero-order chi connectivity index (χ0) is 13.0. The Labute approximate surface area is 115 Å². The highest BCUT2D eigenvalue weighted by atomic mass is 35.5. The van der Waals surface area contributed by atoms with Crippen LogP contribution in [0.25, 0.3) is 0 Å². The summed E-state index contributed by atoms with van der Waals surface area (Å²) in [4.78, 5) is 5.26. The van der Waals surface area contributed by atoms with Gasteiger partial charge in [0.2, 0.25) is 5.89 Å². The lowest BCUT2D eigenvalue weighted by molar-refractivity contribution is 0.384. The zero-order valence-electron chi connectivity index (χ0n) is 10.0. The van der Waals surface area contributed by atoms with Gasteiger partial charge in [-0.2, -0.15) is 4.98 Å². The molecule has 6 heteroatoms. The van der Waals surface area contributed by atoms with Crippen LogP contribution in [0.4, 0.5) is 5.69 Å². The predicted octanol–water partition coefficient (Wildman–Crippen LogP) is 3.55. The number of nitrogen functional groups attached to an aromatic ring is 1. The molecule has 0 saturated heterocycles. The summed E-state index contributed by atoms with van der Waals surface area (Å²) in [6.07, 6.45) is 1.85. The summed E-state index contributed by atoms with van der Waals surface area (Å²) >= 11 is 7.40. The van der Waals surface area contributed by atoms with Crippen molar-refractivity contribution >= 4 is 29.1 Å². The van der Waals surface area contributed by atoms with Crippen LogP contribution < -0.4 is 5.73 Å². The Morgan fingerprint density at radius 1 is 1.44 bits per heavy atom. The number of aryl methyl sites for hydroxylation is 1. The smallest absolute Gasteiger partial charge is 0.237 e. The van der Waals surface area contributed by atoms with E-state index in [0.717, 1.165) is 23.6 Å². The van der Waals surface area contributed by atoms with Gasteiger partial charge in [-0.1, -0.05) is 23.7 Å². The van der Waals surface area contributed by atoms with Crippen molar-refractivity contribution in [3.63, 3.8) is 0 Å². The van der Waals surface area contributed by atoms with E-state index in [2.05, 4.69) is 17.1 Å². The molecule has 2 N–H and O–H groups in total. The number of thioether (sulfide) groups is 1. The average molecular weight is 284 g/mol. The van der Waals surface area contributed by atoms with Crippen LogP contribution in [0, 0.1) is 0 Å². The standard InChI is InChI=1S/C12H14ClN3OS/c1-2-3-11-15-12(17-16-11)7-18-10-5-4-8(13)6-9(10)14/h4-6H,2-3,7,14H2,1H3. The van der Waals surface area contributed by atoms with Gasteiger partial charge in [-0.25, -0.2) is 0 Å². The Kier molecular flexibility index (Phi) is 4.49. The maximum absolute atomic E-state index is 5.87. The van der Waals surface area contributed by atoms with E-state index in [1.54, 1.807) is 17.8 Å². The van der Waals surface area contributed by atoms with Gasteiger partial charge in [-0.15, -0.1) is 11.8 Å². The normalized spacial score (nSPS) is 10.8. The number of hydrogen-bond donors (Lipinski definition) is 1. The summed E-state index contributed by atoms with van der Waals surface area (Å²) in [5.41, 5.74) is 6.53. The highest BCUT2D eigenvalue weighted by molar-refractivity contribution is 7.98. The maximum atomic E-state index is 5.87. The SMILES string of the molecule is CCCc1noc(CSc2ccc(Cl)cc2N)n1. The van der Waals surface area contributed by atoms with Gasteiger partial charge in [0.15, 0.2) is 5.82 Å². The molecule has 18 heavy (non-hydrogen) atoms. The third-order valence-corrected chi connectivity index (χ3v) is 3.62. The van der Waals surface area contributed by atoms with Gasteiger partial charge in [-0.3, -0.25) is 0 Å². The van der Waals surface area contributed by atoms with Crippen LogP contribution in [0.5, 0.6) is 0 Å². The fourth-order valence-corrected chi connectivity index (χ4v) is 2.43. The van der Waals surface area contributed by atoms with Crippen molar-refractivity contribution in [1.82, 2.24) is 10.1 Å². The average Bonchev–Trinajstić information content (AvgIpc) is 2.76. The minimum Gasteiger partial charge on any atom is -0.398 e. The molecule has 0 radical (unpaired) electrons. The van der Waals surface area contributed by atoms with Gasteiger partial charge in [0.1, 0.15) is 0 Å². The Balaban J connectivity index is 1.97. The van der Waals surface area contributed by atoms with Gasteiger partial charge in [0.05, 0.1) is 5.75 Å². The molecular formula is C12H14ClN3OS. The topological polar surface area (TPSA) is 64.9 Å². The van der Waals surface area contributed by atoms with E-state index in [1.165, 1.54) is 0 Å². The van der Waals surface area contributed by atoms with Crippen LogP contribution in [-0.4, -0.2) is 10.1 Å². The van der Waals surface area contributed by atoms with Gasteiger partial charge in [0.25, 0.3) is 0 Å². The molecule has 0 aliphatic heterocycles. The van der Waals surface area contributed by atoms with Crippen LogP contribution in [0.15, 0.2) is 27.6 Å². The van der Waals surface area contributed by atoms with Crippen molar-refractivity contribution in [2.24, 2.45) is 0 Å². The Hall–Kier alpha value is -1.20. The van der Waals surface area contributed by atoms with E-state index in [0.29, 0.717) is 22.4 Å². The monoisotopic (exact) mass is 283 g/mol. The van der Waals surface area contributed by atoms with Gasteiger partial charge in [0, 0.05) is 22.0 Å². The molecule has 1 aromatic heterocycles. The number of nitrogens with two attached hydrogens (primary N) is 1. The van der Waals surface area contributed by atoms with Crippen LogP contribution >= 0.6 is 23.4 Å². The fraction of sp³-hybridized carbons (Fsp3) is 0.333. The van der Waals surface area contributed by atoms with E-state index < -0.39 is 0 Å². The highest BCUT2D eigenvalue weighted by Crippen LogP contribution is 2.29. The van der Waals surface area contributed by atoms with Crippen LogP contribution in [0.3, 0.4) is 0 Å². The summed E-state index contributed by atoms with van der Waals surface area (Å²) < 4.78 is 5.15. The minimum atomic E-state index is 0.614. The third-order valence-electron chi connectivity index (χ3n) is 2.31. The van der Waals surface area contributed by atoms with E-state index in [9.17, 15) is 0 Å². The van der Waals surface area contributed by atoms with Gasteiger partial charge in [-0.05, 0) is 24.6 Å². The minimum absolute atomic E-state index is 0.614.